The molecule has 0 amide bonds. The first-order valence-corrected chi connectivity index (χ1v) is 7.57. The van der Waals surface area contributed by atoms with Gasteiger partial charge in [-0.3, -0.25) is 0 Å². The van der Waals surface area contributed by atoms with Crippen molar-refractivity contribution >= 4 is 0 Å². The highest BCUT2D eigenvalue weighted by atomic mass is 16.7. The largest absolute Gasteiger partial charge is 0.349 e. The van der Waals surface area contributed by atoms with E-state index in [1.54, 1.807) is 0 Å². The second kappa shape index (κ2) is 4.79. The third kappa shape index (κ3) is 2.91. The van der Waals surface area contributed by atoms with E-state index in [1.165, 1.54) is 12.8 Å². The maximum Gasteiger partial charge on any atom is 0.168 e. The van der Waals surface area contributed by atoms with Crippen LogP contribution >= 0.6 is 0 Å². The molecule has 0 atom stereocenters. The van der Waals surface area contributed by atoms with Crippen molar-refractivity contribution in [2.24, 2.45) is 16.7 Å². The van der Waals surface area contributed by atoms with Crippen molar-refractivity contribution in [1.29, 1.82) is 0 Å². The summed E-state index contributed by atoms with van der Waals surface area (Å²) in [5, 5.41) is 0. The molecule has 2 aliphatic rings. The minimum Gasteiger partial charge on any atom is -0.349 e. The van der Waals surface area contributed by atoms with Crippen LogP contribution in [-0.4, -0.2) is 19.0 Å². The second-order valence-corrected chi connectivity index (χ2v) is 7.79. The molecule has 1 saturated carbocycles. The Balaban J connectivity index is 1.90. The van der Waals surface area contributed by atoms with E-state index in [2.05, 4.69) is 34.6 Å². The molecule has 1 heterocycles. The fourth-order valence-electron chi connectivity index (χ4n) is 3.11. The normalized spacial score (nSPS) is 42.2. The Labute approximate surface area is 112 Å². The van der Waals surface area contributed by atoms with Crippen molar-refractivity contribution in [2.75, 3.05) is 13.2 Å². The third-order valence-electron chi connectivity index (χ3n) is 5.19. The van der Waals surface area contributed by atoms with Crippen LogP contribution in [0.2, 0.25) is 0 Å². The lowest BCUT2D eigenvalue weighted by atomic mass is 9.70. The molecule has 0 aromatic carbocycles. The molecular weight excluding hydrogens is 224 g/mol. The lowest BCUT2D eigenvalue weighted by molar-refractivity contribution is -0.316. The molecule has 1 spiro atoms. The van der Waals surface area contributed by atoms with Gasteiger partial charge in [-0.1, -0.05) is 34.6 Å². The van der Waals surface area contributed by atoms with E-state index in [9.17, 15) is 0 Å². The Morgan fingerprint density at radius 3 is 1.94 bits per heavy atom. The summed E-state index contributed by atoms with van der Waals surface area (Å²) >= 11 is 0. The van der Waals surface area contributed by atoms with Crippen molar-refractivity contribution in [3.8, 4) is 0 Å². The number of rotatable bonds is 1. The standard InChI is InChI=1S/C16H30O2/c1-6-15(5)11-17-16(18-12-15)9-7-13(8-10-16)14(2,3)4/h13H,6-12H2,1-5H3. The minimum absolute atomic E-state index is 0.228. The molecule has 1 saturated heterocycles. The van der Waals surface area contributed by atoms with Crippen LogP contribution < -0.4 is 0 Å². The van der Waals surface area contributed by atoms with Gasteiger partial charge in [0.1, 0.15) is 0 Å². The zero-order valence-corrected chi connectivity index (χ0v) is 12.8. The highest BCUT2D eigenvalue weighted by molar-refractivity contribution is 4.89. The molecule has 0 bridgehead atoms. The monoisotopic (exact) mass is 254 g/mol. The van der Waals surface area contributed by atoms with E-state index in [0.717, 1.165) is 38.4 Å². The highest BCUT2D eigenvalue weighted by Gasteiger charge is 2.45. The maximum atomic E-state index is 6.15. The topological polar surface area (TPSA) is 18.5 Å². The molecule has 18 heavy (non-hydrogen) atoms. The summed E-state index contributed by atoms with van der Waals surface area (Å²) in [5.74, 6) is 0.575. The highest BCUT2D eigenvalue weighted by Crippen LogP contribution is 2.46. The zero-order chi connectivity index (χ0) is 13.4. The van der Waals surface area contributed by atoms with Crippen molar-refractivity contribution in [1.82, 2.24) is 0 Å². The minimum atomic E-state index is -0.240. The van der Waals surface area contributed by atoms with Gasteiger partial charge in [-0.05, 0) is 30.6 Å². The summed E-state index contributed by atoms with van der Waals surface area (Å²) in [5.41, 5.74) is 0.653. The summed E-state index contributed by atoms with van der Waals surface area (Å²) in [7, 11) is 0. The molecule has 0 N–H and O–H groups in total. The van der Waals surface area contributed by atoms with Gasteiger partial charge >= 0.3 is 0 Å². The van der Waals surface area contributed by atoms with Crippen molar-refractivity contribution in [2.45, 2.75) is 72.5 Å². The Kier molecular flexibility index (Phi) is 3.81. The SMILES string of the molecule is CCC1(C)COC2(CCC(C(C)(C)C)CC2)OC1. The van der Waals surface area contributed by atoms with Crippen molar-refractivity contribution in [3.63, 3.8) is 0 Å². The first-order chi connectivity index (χ1) is 8.29. The van der Waals surface area contributed by atoms with Crippen LogP contribution in [0.25, 0.3) is 0 Å². The third-order valence-corrected chi connectivity index (χ3v) is 5.19. The number of hydrogen-bond donors (Lipinski definition) is 0. The molecule has 106 valence electrons. The van der Waals surface area contributed by atoms with E-state index in [4.69, 9.17) is 9.47 Å². The number of hydrogen-bond acceptors (Lipinski definition) is 2. The van der Waals surface area contributed by atoms with Crippen molar-refractivity contribution in [3.05, 3.63) is 0 Å². The molecule has 0 unspecified atom stereocenters. The summed E-state index contributed by atoms with van der Waals surface area (Å²) in [4.78, 5) is 0. The van der Waals surface area contributed by atoms with Gasteiger partial charge in [0.25, 0.3) is 0 Å². The molecule has 0 radical (unpaired) electrons. The fourth-order valence-corrected chi connectivity index (χ4v) is 3.11. The van der Waals surface area contributed by atoms with Gasteiger partial charge in [0.05, 0.1) is 13.2 Å². The van der Waals surface area contributed by atoms with Gasteiger partial charge in [-0.25, -0.2) is 0 Å². The zero-order valence-electron chi connectivity index (χ0n) is 12.8. The average Bonchev–Trinajstić information content (AvgIpc) is 2.33. The molecule has 2 nitrogen and oxygen atoms in total. The maximum absolute atomic E-state index is 6.15. The van der Waals surface area contributed by atoms with Crippen molar-refractivity contribution < 1.29 is 9.47 Å². The average molecular weight is 254 g/mol. The van der Waals surface area contributed by atoms with Crippen LogP contribution in [0.5, 0.6) is 0 Å². The Bertz CT molecular complexity index is 272. The van der Waals surface area contributed by atoms with Crippen LogP contribution in [-0.2, 0) is 9.47 Å². The molecule has 1 aliphatic carbocycles. The van der Waals surface area contributed by atoms with E-state index < -0.39 is 0 Å². The summed E-state index contributed by atoms with van der Waals surface area (Å²) in [6, 6.07) is 0. The van der Waals surface area contributed by atoms with Gasteiger partial charge in [-0.2, -0.15) is 0 Å². The molecule has 2 rings (SSSR count). The van der Waals surface area contributed by atoms with Crippen LogP contribution in [0.1, 0.15) is 66.7 Å². The van der Waals surface area contributed by atoms with E-state index in [1.807, 2.05) is 0 Å². The molecular formula is C16H30O2. The first-order valence-electron chi connectivity index (χ1n) is 7.57. The molecule has 2 fully saturated rings. The lowest BCUT2D eigenvalue weighted by Gasteiger charge is -2.49. The lowest BCUT2D eigenvalue weighted by Crippen LogP contribution is -2.50. The molecule has 0 aromatic rings. The Morgan fingerprint density at radius 2 is 1.56 bits per heavy atom. The Morgan fingerprint density at radius 1 is 1.06 bits per heavy atom. The quantitative estimate of drug-likeness (QED) is 0.691. The van der Waals surface area contributed by atoms with Gasteiger partial charge in [0.2, 0.25) is 0 Å². The molecule has 2 heteroatoms. The van der Waals surface area contributed by atoms with Crippen LogP contribution in [0, 0.1) is 16.7 Å². The first kappa shape index (κ1) is 14.3. The summed E-state index contributed by atoms with van der Waals surface area (Å²) < 4.78 is 12.3. The second-order valence-electron chi connectivity index (χ2n) is 7.79. The molecule has 0 aromatic heterocycles. The van der Waals surface area contributed by atoms with E-state index in [0.29, 0.717) is 5.41 Å². The number of ether oxygens (including phenoxy) is 2. The van der Waals surface area contributed by atoms with Crippen LogP contribution in [0.3, 0.4) is 0 Å². The smallest absolute Gasteiger partial charge is 0.168 e. The van der Waals surface area contributed by atoms with Gasteiger partial charge < -0.3 is 9.47 Å². The summed E-state index contributed by atoms with van der Waals surface area (Å²) in [6.45, 7) is 13.3. The fraction of sp³-hybridized carbons (Fsp3) is 1.00. The van der Waals surface area contributed by atoms with Gasteiger partial charge in [-0.15, -0.1) is 0 Å². The Hall–Kier alpha value is -0.0800. The predicted octanol–water partition coefficient (Wildman–Crippen LogP) is 4.38. The predicted molar refractivity (Wildman–Crippen MR) is 74.4 cm³/mol. The van der Waals surface area contributed by atoms with Crippen LogP contribution in [0.15, 0.2) is 0 Å². The van der Waals surface area contributed by atoms with Gasteiger partial charge in [0, 0.05) is 18.3 Å². The summed E-state index contributed by atoms with van der Waals surface area (Å²) in [6.07, 6.45) is 5.77. The molecule has 1 aliphatic heterocycles. The van der Waals surface area contributed by atoms with E-state index >= 15 is 0 Å². The van der Waals surface area contributed by atoms with Crippen LogP contribution in [0.4, 0.5) is 0 Å². The van der Waals surface area contributed by atoms with E-state index in [-0.39, 0.29) is 11.2 Å². The van der Waals surface area contributed by atoms with Gasteiger partial charge in [0.15, 0.2) is 5.79 Å².